The number of esters is 1. The Labute approximate surface area is 162 Å². The summed E-state index contributed by atoms with van der Waals surface area (Å²) >= 11 is 12.0. The van der Waals surface area contributed by atoms with Crippen molar-refractivity contribution in [3.05, 3.63) is 75.8 Å². The highest BCUT2D eigenvalue weighted by molar-refractivity contribution is 6.35. The standard InChI is InChI=1S/C20H19Cl2NO3/c1-13(17-10-9-16(21)12-18(17)22)23-20(25)14(2)26-19(24)11-8-15-6-4-3-5-7-15/h3-14H,1-2H3,(H,23,25)/b11-8+/t13-,14-/m0/s1. The van der Waals surface area contributed by atoms with Crippen molar-refractivity contribution >= 4 is 41.2 Å². The van der Waals surface area contributed by atoms with Gasteiger partial charge in [0.25, 0.3) is 5.91 Å². The molecule has 0 fully saturated rings. The van der Waals surface area contributed by atoms with Crippen molar-refractivity contribution in [1.82, 2.24) is 5.32 Å². The van der Waals surface area contributed by atoms with Gasteiger partial charge in [0.2, 0.25) is 0 Å². The van der Waals surface area contributed by atoms with E-state index in [0.29, 0.717) is 10.0 Å². The van der Waals surface area contributed by atoms with E-state index >= 15 is 0 Å². The predicted molar refractivity (Wildman–Crippen MR) is 104 cm³/mol. The van der Waals surface area contributed by atoms with E-state index in [-0.39, 0.29) is 6.04 Å². The van der Waals surface area contributed by atoms with E-state index in [2.05, 4.69) is 5.32 Å². The average Bonchev–Trinajstić information content (AvgIpc) is 2.60. The molecule has 2 aromatic rings. The maximum absolute atomic E-state index is 12.2. The third kappa shape index (κ3) is 5.90. The van der Waals surface area contributed by atoms with Crippen molar-refractivity contribution in [2.75, 3.05) is 0 Å². The number of amides is 1. The van der Waals surface area contributed by atoms with Gasteiger partial charge in [-0.1, -0.05) is 59.6 Å². The zero-order chi connectivity index (χ0) is 19.1. The molecule has 6 heteroatoms. The van der Waals surface area contributed by atoms with E-state index in [9.17, 15) is 9.59 Å². The van der Waals surface area contributed by atoms with Gasteiger partial charge in [-0.15, -0.1) is 0 Å². The molecule has 0 radical (unpaired) electrons. The van der Waals surface area contributed by atoms with E-state index in [1.165, 1.54) is 13.0 Å². The molecule has 0 spiro atoms. The molecule has 1 amide bonds. The third-order valence-electron chi connectivity index (χ3n) is 3.66. The number of nitrogens with one attached hydrogen (secondary N) is 1. The molecular weight excluding hydrogens is 373 g/mol. The number of halogens is 2. The zero-order valence-electron chi connectivity index (χ0n) is 14.4. The summed E-state index contributed by atoms with van der Waals surface area (Å²) in [5.74, 6) is -1.00. The second kappa shape index (κ2) is 9.41. The highest BCUT2D eigenvalue weighted by Crippen LogP contribution is 2.26. The minimum atomic E-state index is -0.934. The van der Waals surface area contributed by atoms with Crippen molar-refractivity contribution in [3.8, 4) is 0 Å². The van der Waals surface area contributed by atoms with E-state index in [4.69, 9.17) is 27.9 Å². The van der Waals surface area contributed by atoms with Gasteiger partial charge in [-0.25, -0.2) is 4.79 Å². The highest BCUT2D eigenvalue weighted by atomic mass is 35.5. The lowest BCUT2D eigenvalue weighted by atomic mass is 10.1. The monoisotopic (exact) mass is 391 g/mol. The Hall–Kier alpha value is -2.30. The summed E-state index contributed by atoms with van der Waals surface area (Å²) < 4.78 is 5.13. The first-order chi connectivity index (χ1) is 12.4. The molecule has 0 aliphatic carbocycles. The normalized spacial score (nSPS) is 13.2. The average molecular weight is 392 g/mol. The van der Waals surface area contributed by atoms with E-state index < -0.39 is 18.0 Å². The van der Waals surface area contributed by atoms with Crippen LogP contribution < -0.4 is 5.32 Å². The van der Waals surface area contributed by atoms with Crippen LogP contribution in [0.3, 0.4) is 0 Å². The van der Waals surface area contributed by atoms with Crippen LogP contribution in [-0.2, 0) is 14.3 Å². The van der Waals surface area contributed by atoms with Crippen LogP contribution in [0.2, 0.25) is 10.0 Å². The van der Waals surface area contributed by atoms with Crippen LogP contribution in [0.4, 0.5) is 0 Å². The number of carbonyl (C=O) groups excluding carboxylic acids is 2. The van der Waals surface area contributed by atoms with Gasteiger partial charge in [0.15, 0.2) is 6.10 Å². The molecular formula is C20H19Cl2NO3. The molecule has 2 aromatic carbocycles. The summed E-state index contributed by atoms with van der Waals surface area (Å²) in [5.41, 5.74) is 1.60. The van der Waals surface area contributed by atoms with Crippen molar-refractivity contribution in [1.29, 1.82) is 0 Å². The van der Waals surface area contributed by atoms with Gasteiger partial charge in [-0.05, 0) is 43.2 Å². The van der Waals surface area contributed by atoms with Crippen molar-refractivity contribution in [3.63, 3.8) is 0 Å². The van der Waals surface area contributed by atoms with Gasteiger partial charge in [-0.3, -0.25) is 4.79 Å². The lowest BCUT2D eigenvalue weighted by Gasteiger charge is -2.19. The first-order valence-electron chi connectivity index (χ1n) is 8.06. The van der Waals surface area contributed by atoms with Gasteiger partial charge in [0.1, 0.15) is 0 Å². The Morgan fingerprint density at radius 1 is 1.08 bits per heavy atom. The second-order valence-electron chi connectivity index (χ2n) is 5.72. The molecule has 136 valence electrons. The zero-order valence-corrected chi connectivity index (χ0v) is 15.9. The molecule has 4 nitrogen and oxygen atoms in total. The first-order valence-corrected chi connectivity index (χ1v) is 8.81. The van der Waals surface area contributed by atoms with Gasteiger partial charge in [-0.2, -0.15) is 0 Å². The van der Waals surface area contributed by atoms with Gasteiger partial charge >= 0.3 is 5.97 Å². The number of carbonyl (C=O) groups is 2. The van der Waals surface area contributed by atoms with Crippen molar-refractivity contribution < 1.29 is 14.3 Å². The molecule has 0 unspecified atom stereocenters. The smallest absolute Gasteiger partial charge is 0.331 e. The molecule has 1 N–H and O–H groups in total. The largest absolute Gasteiger partial charge is 0.449 e. The molecule has 2 atom stereocenters. The maximum atomic E-state index is 12.2. The highest BCUT2D eigenvalue weighted by Gasteiger charge is 2.20. The van der Waals surface area contributed by atoms with Crippen LogP contribution >= 0.6 is 23.2 Å². The van der Waals surface area contributed by atoms with Gasteiger partial charge < -0.3 is 10.1 Å². The third-order valence-corrected chi connectivity index (χ3v) is 4.22. The topological polar surface area (TPSA) is 55.4 Å². The van der Waals surface area contributed by atoms with E-state index in [1.807, 2.05) is 30.3 Å². The molecule has 0 aromatic heterocycles. The quantitative estimate of drug-likeness (QED) is 0.567. The van der Waals surface area contributed by atoms with Gasteiger partial charge in [0, 0.05) is 16.1 Å². The fourth-order valence-corrected chi connectivity index (χ4v) is 2.83. The Bertz CT molecular complexity index is 806. The molecule has 0 aliphatic rings. The molecule has 0 heterocycles. The number of rotatable bonds is 6. The molecule has 26 heavy (non-hydrogen) atoms. The summed E-state index contributed by atoms with van der Waals surface area (Å²) in [6, 6.07) is 14.0. The Balaban J connectivity index is 1.90. The fraction of sp³-hybridized carbons (Fsp3) is 0.200. The van der Waals surface area contributed by atoms with Crippen LogP contribution in [0.5, 0.6) is 0 Å². The van der Waals surface area contributed by atoms with Crippen LogP contribution in [-0.4, -0.2) is 18.0 Å². The van der Waals surface area contributed by atoms with Gasteiger partial charge in [0.05, 0.1) is 6.04 Å². The summed E-state index contributed by atoms with van der Waals surface area (Å²) in [7, 11) is 0. The Morgan fingerprint density at radius 3 is 2.42 bits per heavy atom. The molecule has 0 saturated heterocycles. The summed E-state index contributed by atoms with van der Waals surface area (Å²) in [5, 5.41) is 3.74. The van der Waals surface area contributed by atoms with Crippen molar-refractivity contribution in [2.24, 2.45) is 0 Å². The molecule has 0 saturated carbocycles. The molecule has 0 aliphatic heterocycles. The Kier molecular flexibility index (Phi) is 7.25. The van der Waals surface area contributed by atoms with Crippen molar-refractivity contribution in [2.45, 2.75) is 26.0 Å². The lowest BCUT2D eigenvalue weighted by Crippen LogP contribution is -2.37. The fourth-order valence-electron chi connectivity index (χ4n) is 2.26. The van der Waals surface area contributed by atoms with Crippen LogP contribution in [0.25, 0.3) is 6.08 Å². The summed E-state index contributed by atoms with van der Waals surface area (Å²) in [4.78, 5) is 24.1. The lowest BCUT2D eigenvalue weighted by molar-refractivity contribution is -0.150. The van der Waals surface area contributed by atoms with Crippen LogP contribution in [0.1, 0.15) is 31.0 Å². The summed E-state index contributed by atoms with van der Waals surface area (Å²) in [6.45, 7) is 3.30. The van der Waals surface area contributed by atoms with Crippen LogP contribution in [0, 0.1) is 0 Å². The summed E-state index contributed by atoms with van der Waals surface area (Å²) in [6.07, 6.45) is 1.98. The second-order valence-corrected chi connectivity index (χ2v) is 6.56. The predicted octanol–water partition coefficient (Wildman–Crippen LogP) is 4.82. The van der Waals surface area contributed by atoms with E-state index in [1.54, 1.807) is 31.2 Å². The van der Waals surface area contributed by atoms with Crippen LogP contribution in [0.15, 0.2) is 54.6 Å². The molecule has 2 rings (SSSR count). The Morgan fingerprint density at radius 2 is 1.77 bits per heavy atom. The minimum absolute atomic E-state index is 0.353. The number of hydrogen-bond acceptors (Lipinski definition) is 3. The van der Waals surface area contributed by atoms with E-state index in [0.717, 1.165) is 11.1 Å². The number of ether oxygens (including phenoxy) is 1. The first kappa shape index (κ1) is 20.0. The maximum Gasteiger partial charge on any atom is 0.331 e. The number of hydrogen-bond donors (Lipinski definition) is 1. The number of benzene rings is 2. The SMILES string of the molecule is C[C@H](OC(=O)/C=C/c1ccccc1)C(=O)N[C@@H](C)c1ccc(Cl)cc1Cl. The molecule has 0 bridgehead atoms. The minimum Gasteiger partial charge on any atom is -0.449 e.